The first-order valence-electron chi connectivity index (χ1n) is 12.4. The lowest BCUT2D eigenvalue weighted by Crippen LogP contribution is -2.70. The Morgan fingerprint density at radius 3 is 2.61 bits per heavy atom. The quantitative estimate of drug-likeness (QED) is 0.584. The van der Waals surface area contributed by atoms with Gasteiger partial charge in [-0.1, -0.05) is 12.8 Å². The molecule has 5 atom stereocenters. The number of likely N-dealkylation sites (N-methyl/N-ethyl adjacent to an activating group) is 1. The zero-order valence-corrected chi connectivity index (χ0v) is 19.7. The number of hydrogen-bond acceptors (Lipinski definition) is 7. The third-order valence-electron chi connectivity index (χ3n) is 7.91. The van der Waals surface area contributed by atoms with E-state index in [1.807, 2.05) is 4.90 Å². The second-order valence-corrected chi connectivity index (χ2v) is 10.8. The highest BCUT2D eigenvalue weighted by atomic mass is 16.6. The number of nitrogens with zero attached hydrogens (tertiary/aromatic N) is 3. The van der Waals surface area contributed by atoms with Crippen molar-refractivity contribution in [1.29, 1.82) is 0 Å². The number of hydrogen-bond donors (Lipinski definition) is 3. The lowest BCUT2D eigenvalue weighted by molar-refractivity contribution is -0.0392. The van der Waals surface area contributed by atoms with Gasteiger partial charge in [-0.2, -0.15) is 0 Å². The summed E-state index contributed by atoms with van der Waals surface area (Å²) in [6.07, 6.45) is 5.46. The van der Waals surface area contributed by atoms with Gasteiger partial charge >= 0.3 is 6.09 Å². The van der Waals surface area contributed by atoms with Gasteiger partial charge in [0.15, 0.2) is 0 Å². The van der Waals surface area contributed by atoms with Crippen LogP contribution in [0, 0.1) is 5.92 Å². The van der Waals surface area contributed by atoms with Crippen molar-refractivity contribution in [3.8, 4) is 0 Å². The van der Waals surface area contributed by atoms with Crippen LogP contribution < -0.4 is 10.6 Å². The lowest BCUT2D eigenvalue weighted by atomic mass is 9.79. The predicted molar refractivity (Wildman–Crippen MR) is 121 cm³/mol. The minimum absolute atomic E-state index is 0.0396. The molecule has 0 aromatic heterocycles. The van der Waals surface area contributed by atoms with Crippen molar-refractivity contribution >= 4 is 6.09 Å². The summed E-state index contributed by atoms with van der Waals surface area (Å²) in [5.74, 6) is 0.617. The normalized spacial score (nSPS) is 36.1. The summed E-state index contributed by atoms with van der Waals surface area (Å²) in [5.41, 5.74) is -0.458. The highest BCUT2D eigenvalue weighted by Gasteiger charge is 2.42. The van der Waals surface area contributed by atoms with Crippen molar-refractivity contribution in [2.45, 2.75) is 75.8 Å². The van der Waals surface area contributed by atoms with Gasteiger partial charge in [0.25, 0.3) is 0 Å². The topological polar surface area (TPSA) is 80.3 Å². The third kappa shape index (κ3) is 5.71. The molecule has 3 saturated heterocycles. The number of rotatable bonds is 5. The highest BCUT2D eigenvalue weighted by molar-refractivity contribution is 5.68. The molecule has 0 aromatic rings. The Morgan fingerprint density at radius 2 is 1.94 bits per heavy atom. The molecule has 4 rings (SSSR count). The standard InChI is InChI=1S/C23H43N5O3/c1-23(2,14-17-5-4-6-18(13-17)27-9-7-24-8-10-27)31-22(30)28-12-11-26(3)19(16-28)21-20(29)15-25-21/h17-21,24-25,29H,4-16H2,1-3H3. The molecule has 4 fully saturated rings. The summed E-state index contributed by atoms with van der Waals surface area (Å²) < 4.78 is 6.06. The van der Waals surface area contributed by atoms with E-state index in [1.165, 1.54) is 25.7 Å². The molecule has 3 N–H and O–H groups in total. The minimum Gasteiger partial charge on any atom is -0.443 e. The fraction of sp³-hybridized carbons (Fsp3) is 0.957. The molecule has 0 spiro atoms. The SMILES string of the molecule is CN1CCN(C(=O)OC(C)(C)CC2CCCC(N3CCNCC3)C2)CC1C1NCC1O. The van der Waals surface area contributed by atoms with Crippen LogP contribution in [0.15, 0.2) is 0 Å². The van der Waals surface area contributed by atoms with Crippen LogP contribution in [-0.2, 0) is 4.74 Å². The summed E-state index contributed by atoms with van der Waals surface area (Å²) in [6.45, 7) is 11.4. The monoisotopic (exact) mass is 437 g/mol. The van der Waals surface area contributed by atoms with E-state index in [-0.39, 0.29) is 24.3 Å². The molecule has 5 unspecified atom stereocenters. The van der Waals surface area contributed by atoms with Gasteiger partial charge in [-0.05, 0) is 46.1 Å². The van der Waals surface area contributed by atoms with Crippen molar-refractivity contribution in [1.82, 2.24) is 25.3 Å². The fourth-order valence-corrected chi connectivity index (χ4v) is 6.07. The Bertz CT molecular complexity index is 612. The first-order chi connectivity index (χ1) is 14.8. The van der Waals surface area contributed by atoms with Crippen molar-refractivity contribution < 1.29 is 14.6 Å². The van der Waals surface area contributed by atoms with Gasteiger partial charge in [0, 0.05) is 64.4 Å². The summed E-state index contributed by atoms with van der Waals surface area (Å²) >= 11 is 0. The van der Waals surface area contributed by atoms with Crippen molar-refractivity contribution in [2.24, 2.45) is 5.92 Å². The van der Waals surface area contributed by atoms with E-state index >= 15 is 0 Å². The number of ether oxygens (including phenoxy) is 1. The van der Waals surface area contributed by atoms with Gasteiger partial charge in [0.1, 0.15) is 5.60 Å². The number of carbonyl (C=O) groups is 1. The molecule has 0 bridgehead atoms. The van der Waals surface area contributed by atoms with E-state index < -0.39 is 5.60 Å². The molecular weight excluding hydrogens is 394 g/mol. The summed E-state index contributed by atoms with van der Waals surface area (Å²) in [4.78, 5) is 19.8. The van der Waals surface area contributed by atoms with Gasteiger partial charge in [-0.15, -0.1) is 0 Å². The number of carbonyl (C=O) groups excluding carboxylic acids is 1. The maximum atomic E-state index is 13.0. The molecule has 8 nitrogen and oxygen atoms in total. The van der Waals surface area contributed by atoms with Gasteiger partial charge in [-0.25, -0.2) is 4.79 Å². The summed E-state index contributed by atoms with van der Waals surface area (Å²) in [7, 11) is 2.07. The Labute approximate surface area is 187 Å². The number of amides is 1. The van der Waals surface area contributed by atoms with Crippen LogP contribution in [0.3, 0.4) is 0 Å². The molecule has 1 aliphatic carbocycles. The van der Waals surface area contributed by atoms with Gasteiger partial charge in [0.2, 0.25) is 0 Å². The van der Waals surface area contributed by atoms with Gasteiger partial charge < -0.3 is 25.4 Å². The maximum absolute atomic E-state index is 13.0. The second kappa shape index (κ2) is 9.91. The maximum Gasteiger partial charge on any atom is 0.410 e. The van der Waals surface area contributed by atoms with E-state index in [4.69, 9.17) is 4.74 Å². The van der Waals surface area contributed by atoms with E-state index in [9.17, 15) is 9.90 Å². The first-order valence-corrected chi connectivity index (χ1v) is 12.4. The zero-order chi connectivity index (χ0) is 22.0. The van der Waals surface area contributed by atoms with Gasteiger partial charge in [-0.3, -0.25) is 9.80 Å². The molecule has 1 amide bonds. The number of nitrogens with one attached hydrogen (secondary N) is 2. The Kier molecular flexibility index (Phi) is 7.43. The third-order valence-corrected chi connectivity index (χ3v) is 7.91. The fourth-order valence-electron chi connectivity index (χ4n) is 6.07. The Hall–Kier alpha value is -0.930. The lowest BCUT2D eigenvalue weighted by Gasteiger charge is -2.48. The average Bonchev–Trinajstić information content (AvgIpc) is 2.74. The molecular formula is C23H43N5O3. The number of β-amino-alcohol motifs (C(OH)–C–C–N with tert-alkyl or cyclic N) is 1. The van der Waals surface area contributed by atoms with Crippen LogP contribution in [-0.4, -0.2) is 115 Å². The molecule has 4 aliphatic rings. The van der Waals surface area contributed by atoms with E-state index in [2.05, 4.69) is 41.3 Å². The van der Waals surface area contributed by atoms with Crippen LogP contribution in [0.5, 0.6) is 0 Å². The first kappa shape index (κ1) is 23.2. The summed E-state index contributed by atoms with van der Waals surface area (Å²) in [5, 5.41) is 16.8. The molecule has 3 heterocycles. The van der Waals surface area contributed by atoms with E-state index in [0.717, 1.165) is 39.1 Å². The molecule has 3 aliphatic heterocycles. The molecule has 178 valence electrons. The van der Waals surface area contributed by atoms with Crippen LogP contribution in [0.1, 0.15) is 46.0 Å². The zero-order valence-electron chi connectivity index (χ0n) is 19.7. The Balaban J connectivity index is 1.28. The molecule has 1 saturated carbocycles. The highest BCUT2D eigenvalue weighted by Crippen LogP contribution is 2.35. The smallest absolute Gasteiger partial charge is 0.410 e. The molecule has 8 heteroatoms. The van der Waals surface area contributed by atoms with E-state index in [1.54, 1.807) is 0 Å². The van der Waals surface area contributed by atoms with Gasteiger partial charge in [0.05, 0.1) is 12.1 Å². The van der Waals surface area contributed by atoms with Crippen molar-refractivity contribution in [3.05, 3.63) is 0 Å². The second-order valence-electron chi connectivity index (χ2n) is 10.8. The van der Waals surface area contributed by atoms with Crippen LogP contribution in [0.4, 0.5) is 4.79 Å². The minimum atomic E-state index is -0.458. The summed E-state index contributed by atoms with van der Waals surface area (Å²) in [6, 6.07) is 0.858. The van der Waals surface area contributed by atoms with Crippen LogP contribution in [0.25, 0.3) is 0 Å². The van der Waals surface area contributed by atoms with Crippen molar-refractivity contribution in [2.75, 3.05) is 59.4 Å². The largest absolute Gasteiger partial charge is 0.443 e. The van der Waals surface area contributed by atoms with Crippen LogP contribution in [0.2, 0.25) is 0 Å². The van der Waals surface area contributed by atoms with Crippen LogP contribution >= 0.6 is 0 Å². The Morgan fingerprint density at radius 1 is 1.16 bits per heavy atom. The molecule has 0 radical (unpaired) electrons. The average molecular weight is 438 g/mol. The number of piperazine rings is 2. The van der Waals surface area contributed by atoms with Crippen molar-refractivity contribution in [3.63, 3.8) is 0 Å². The molecule has 0 aromatic carbocycles. The predicted octanol–water partition coefficient (Wildman–Crippen LogP) is 0.704. The molecule has 31 heavy (non-hydrogen) atoms. The number of aliphatic hydroxyl groups excluding tert-OH is 1. The number of aliphatic hydroxyl groups is 1. The van der Waals surface area contributed by atoms with E-state index in [0.29, 0.717) is 31.6 Å².